The Kier molecular flexibility index (Phi) is 6.42. The van der Waals surface area contributed by atoms with Gasteiger partial charge in [0.2, 0.25) is 5.91 Å². The number of ether oxygens (including phenoxy) is 1. The molecule has 0 saturated carbocycles. The van der Waals surface area contributed by atoms with Crippen LogP contribution < -0.4 is 10.1 Å². The summed E-state index contributed by atoms with van der Waals surface area (Å²) in [4.78, 5) is 26.1. The zero-order valence-corrected chi connectivity index (χ0v) is 17.0. The predicted molar refractivity (Wildman–Crippen MR) is 105 cm³/mol. The Balaban J connectivity index is 1.86. The van der Waals surface area contributed by atoms with Crippen molar-refractivity contribution in [2.24, 2.45) is 0 Å². The van der Waals surface area contributed by atoms with Crippen molar-refractivity contribution >= 4 is 17.5 Å². The molecule has 10 heteroatoms. The van der Waals surface area contributed by atoms with E-state index in [1.54, 1.807) is 17.9 Å². The topological polar surface area (TPSA) is 80.2 Å². The minimum Gasteiger partial charge on any atom is -0.461 e. The lowest BCUT2D eigenvalue weighted by atomic mass is 9.93. The Bertz CT molecular complexity index is 896. The van der Waals surface area contributed by atoms with Crippen molar-refractivity contribution in [3.8, 4) is 6.01 Å². The Labute approximate surface area is 172 Å². The highest BCUT2D eigenvalue weighted by Crippen LogP contribution is 2.32. The third kappa shape index (κ3) is 5.58. The molecule has 1 aliphatic heterocycles. The van der Waals surface area contributed by atoms with Gasteiger partial charge in [-0.1, -0.05) is 0 Å². The lowest BCUT2D eigenvalue weighted by molar-refractivity contribution is -0.137. The van der Waals surface area contributed by atoms with Crippen molar-refractivity contribution in [3.63, 3.8) is 0 Å². The normalized spacial score (nSPS) is 15.4. The van der Waals surface area contributed by atoms with Crippen molar-refractivity contribution < 1.29 is 22.7 Å². The fourth-order valence-corrected chi connectivity index (χ4v) is 3.28. The molecule has 1 N–H and O–H groups in total. The second kappa shape index (κ2) is 8.85. The Morgan fingerprint density at radius 3 is 2.50 bits per heavy atom. The number of nitrogens with one attached hydrogen (secondary N) is 1. The average Bonchev–Trinajstić information content (AvgIpc) is 2.67. The molecule has 1 saturated heterocycles. The molecule has 0 aliphatic carbocycles. The number of anilines is 2. The monoisotopic (exact) mass is 423 g/mol. The quantitative estimate of drug-likeness (QED) is 0.778. The predicted octanol–water partition coefficient (Wildman–Crippen LogP) is 4.15. The highest BCUT2D eigenvalue weighted by Gasteiger charge is 2.31. The summed E-state index contributed by atoms with van der Waals surface area (Å²) in [6.45, 7) is 6.47. The van der Waals surface area contributed by atoms with Crippen LogP contribution in [0.2, 0.25) is 0 Å². The number of nitrogens with zero attached hydrogens (tertiary/aromatic N) is 4. The molecule has 0 bridgehead atoms. The molecule has 30 heavy (non-hydrogen) atoms. The molecule has 0 radical (unpaired) electrons. The van der Waals surface area contributed by atoms with Crippen molar-refractivity contribution in [1.29, 1.82) is 0 Å². The minimum absolute atomic E-state index is 0.0244. The molecule has 0 unspecified atom stereocenters. The largest absolute Gasteiger partial charge is 0.461 e. The van der Waals surface area contributed by atoms with Crippen molar-refractivity contribution in [3.05, 3.63) is 35.7 Å². The molecule has 0 spiro atoms. The molecule has 3 rings (SSSR count). The van der Waals surface area contributed by atoms with Crippen molar-refractivity contribution in [2.75, 3.05) is 18.4 Å². The highest BCUT2D eigenvalue weighted by atomic mass is 19.4. The summed E-state index contributed by atoms with van der Waals surface area (Å²) in [5, 5.41) is 2.83. The molecule has 0 aromatic carbocycles. The van der Waals surface area contributed by atoms with E-state index in [1.807, 2.05) is 13.8 Å². The molecule has 1 amide bonds. The average molecular weight is 423 g/mol. The van der Waals surface area contributed by atoms with Gasteiger partial charge in [0.25, 0.3) is 0 Å². The minimum atomic E-state index is -4.47. The number of rotatable bonds is 5. The van der Waals surface area contributed by atoms with Crippen LogP contribution in [0, 0.1) is 0 Å². The number of pyridine rings is 1. The summed E-state index contributed by atoms with van der Waals surface area (Å²) in [6.07, 6.45) is -2.07. The van der Waals surface area contributed by atoms with E-state index in [0.717, 1.165) is 36.9 Å². The molecular formula is C20H24F3N5O2. The van der Waals surface area contributed by atoms with Crippen LogP contribution in [0.5, 0.6) is 6.01 Å². The zero-order valence-electron chi connectivity index (χ0n) is 17.0. The van der Waals surface area contributed by atoms with E-state index in [2.05, 4.69) is 20.3 Å². The van der Waals surface area contributed by atoms with E-state index in [-0.39, 0.29) is 29.8 Å². The van der Waals surface area contributed by atoms with Gasteiger partial charge in [0, 0.05) is 38.2 Å². The Hall–Kier alpha value is -2.91. The van der Waals surface area contributed by atoms with Gasteiger partial charge in [0.05, 0.1) is 17.4 Å². The molecule has 7 nitrogen and oxygen atoms in total. The standard InChI is InChI=1S/C20H24F3N5O2/c1-12(2)30-19-25-16(14-5-8-28(9-6-14)13(3)29)11-18(27-19)26-17-10-15(4-7-24-17)20(21,22)23/h4,7,10-12,14H,5-6,8-9H2,1-3H3,(H,24,25,26,27). The molecule has 1 fully saturated rings. The molecular weight excluding hydrogens is 399 g/mol. The van der Waals surface area contributed by atoms with Gasteiger partial charge in [-0.25, -0.2) is 4.98 Å². The summed E-state index contributed by atoms with van der Waals surface area (Å²) < 4.78 is 44.6. The lowest BCUT2D eigenvalue weighted by Crippen LogP contribution is -2.36. The number of halogens is 3. The van der Waals surface area contributed by atoms with Gasteiger partial charge in [0.1, 0.15) is 11.6 Å². The number of aromatic nitrogens is 3. The Morgan fingerprint density at radius 2 is 1.90 bits per heavy atom. The van der Waals surface area contributed by atoms with Gasteiger partial charge in [-0.2, -0.15) is 23.1 Å². The zero-order chi connectivity index (χ0) is 21.9. The van der Waals surface area contributed by atoms with Gasteiger partial charge < -0.3 is 15.0 Å². The molecule has 0 atom stereocenters. The first-order valence-corrected chi connectivity index (χ1v) is 9.73. The maximum absolute atomic E-state index is 13.0. The third-order valence-corrected chi connectivity index (χ3v) is 4.77. The number of likely N-dealkylation sites (tertiary alicyclic amines) is 1. The summed E-state index contributed by atoms with van der Waals surface area (Å²) >= 11 is 0. The van der Waals surface area contributed by atoms with E-state index in [0.29, 0.717) is 18.9 Å². The number of carbonyl (C=O) groups is 1. The van der Waals surface area contributed by atoms with E-state index in [4.69, 9.17) is 4.74 Å². The van der Waals surface area contributed by atoms with Gasteiger partial charge in [-0.15, -0.1) is 0 Å². The van der Waals surface area contributed by atoms with Crippen LogP contribution in [0.3, 0.4) is 0 Å². The molecule has 2 aromatic heterocycles. The highest BCUT2D eigenvalue weighted by molar-refractivity contribution is 5.73. The number of piperidine rings is 1. The van der Waals surface area contributed by atoms with E-state index < -0.39 is 11.7 Å². The molecule has 3 heterocycles. The summed E-state index contributed by atoms with van der Waals surface area (Å²) in [5.41, 5.74) is -0.0807. The van der Waals surface area contributed by atoms with Gasteiger partial charge in [0.15, 0.2) is 0 Å². The first-order valence-electron chi connectivity index (χ1n) is 9.73. The smallest absolute Gasteiger partial charge is 0.416 e. The summed E-state index contributed by atoms with van der Waals surface area (Å²) in [5.74, 6) is 0.457. The summed E-state index contributed by atoms with van der Waals surface area (Å²) in [7, 11) is 0. The number of amides is 1. The fraction of sp³-hybridized carbons (Fsp3) is 0.500. The summed E-state index contributed by atoms with van der Waals surface area (Å²) in [6, 6.07) is 3.68. The van der Waals surface area contributed by atoms with Gasteiger partial charge in [-0.05, 0) is 38.8 Å². The first kappa shape index (κ1) is 21.8. The van der Waals surface area contributed by atoms with Crippen LogP contribution in [0.25, 0.3) is 0 Å². The maximum atomic E-state index is 13.0. The lowest BCUT2D eigenvalue weighted by Gasteiger charge is -2.31. The van der Waals surface area contributed by atoms with Crippen LogP contribution >= 0.6 is 0 Å². The van der Waals surface area contributed by atoms with Crippen LogP contribution in [0.4, 0.5) is 24.8 Å². The van der Waals surface area contributed by atoms with Crippen LogP contribution in [0.1, 0.15) is 50.8 Å². The Morgan fingerprint density at radius 1 is 1.20 bits per heavy atom. The van der Waals surface area contributed by atoms with Gasteiger partial charge in [-0.3, -0.25) is 4.79 Å². The van der Waals surface area contributed by atoms with Crippen LogP contribution in [0.15, 0.2) is 24.4 Å². The van der Waals surface area contributed by atoms with E-state index in [9.17, 15) is 18.0 Å². The van der Waals surface area contributed by atoms with Crippen molar-refractivity contribution in [1.82, 2.24) is 19.9 Å². The van der Waals surface area contributed by atoms with Crippen molar-refractivity contribution in [2.45, 2.75) is 51.8 Å². The van der Waals surface area contributed by atoms with Crippen LogP contribution in [-0.4, -0.2) is 45.0 Å². The molecule has 2 aromatic rings. The SMILES string of the molecule is CC(=O)N1CCC(c2cc(Nc3cc(C(F)(F)F)ccn3)nc(OC(C)C)n2)CC1. The number of alkyl halides is 3. The van der Waals surface area contributed by atoms with Gasteiger partial charge >= 0.3 is 12.2 Å². The van der Waals surface area contributed by atoms with Crippen LogP contribution in [-0.2, 0) is 11.0 Å². The number of hydrogen-bond donors (Lipinski definition) is 1. The molecule has 1 aliphatic rings. The third-order valence-electron chi connectivity index (χ3n) is 4.77. The fourth-order valence-electron chi connectivity index (χ4n) is 3.28. The second-order valence-electron chi connectivity index (χ2n) is 7.46. The number of carbonyl (C=O) groups excluding carboxylic acids is 1. The maximum Gasteiger partial charge on any atom is 0.416 e. The molecule has 162 valence electrons. The number of hydrogen-bond acceptors (Lipinski definition) is 6. The van der Waals surface area contributed by atoms with E-state index in [1.165, 1.54) is 0 Å². The first-order chi connectivity index (χ1) is 14.1. The second-order valence-corrected chi connectivity index (χ2v) is 7.46. The van der Waals surface area contributed by atoms with E-state index >= 15 is 0 Å².